The second-order valence-electron chi connectivity index (χ2n) is 5.51. The number of nitrogens with two attached hydrogens (primary N) is 1. The molecule has 2 atom stereocenters. The van der Waals surface area contributed by atoms with Gasteiger partial charge >= 0.3 is 0 Å². The van der Waals surface area contributed by atoms with Crippen LogP contribution in [0.2, 0.25) is 0 Å². The van der Waals surface area contributed by atoms with E-state index in [0.717, 1.165) is 32.7 Å². The summed E-state index contributed by atoms with van der Waals surface area (Å²) in [5, 5.41) is 0. The van der Waals surface area contributed by atoms with Crippen LogP contribution >= 0.6 is 0 Å². The van der Waals surface area contributed by atoms with E-state index in [1.165, 1.54) is 0 Å². The van der Waals surface area contributed by atoms with E-state index < -0.39 is 0 Å². The molecule has 112 valence electrons. The fourth-order valence-electron chi connectivity index (χ4n) is 2.94. The van der Waals surface area contributed by atoms with E-state index in [9.17, 15) is 4.79 Å². The van der Waals surface area contributed by atoms with E-state index in [0.29, 0.717) is 19.0 Å². The summed E-state index contributed by atoms with van der Waals surface area (Å²) < 4.78 is 0. The van der Waals surface area contributed by atoms with Crippen molar-refractivity contribution in [2.24, 2.45) is 5.73 Å². The van der Waals surface area contributed by atoms with Crippen LogP contribution in [0.4, 0.5) is 0 Å². The predicted molar refractivity (Wildman–Crippen MR) is 79.1 cm³/mol. The molecule has 5 heteroatoms. The molecular formula is C14H30N4O. The summed E-state index contributed by atoms with van der Waals surface area (Å²) >= 11 is 0. The Morgan fingerprint density at radius 2 is 2.00 bits per heavy atom. The molecule has 0 aromatic carbocycles. The van der Waals surface area contributed by atoms with Crippen molar-refractivity contribution in [1.29, 1.82) is 0 Å². The normalized spacial score (nSPS) is 23.3. The molecule has 5 nitrogen and oxygen atoms in total. The number of rotatable bonds is 6. The average Bonchev–Trinajstić information content (AvgIpc) is 2.38. The number of hydrogen-bond acceptors (Lipinski definition) is 4. The van der Waals surface area contributed by atoms with Gasteiger partial charge in [-0.3, -0.25) is 9.69 Å². The van der Waals surface area contributed by atoms with Crippen molar-refractivity contribution < 1.29 is 4.79 Å². The summed E-state index contributed by atoms with van der Waals surface area (Å²) in [6, 6.07) is 0.647. The predicted octanol–water partition coefficient (Wildman–Crippen LogP) is 0.208. The Morgan fingerprint density at radius 1 is 1.37 bits per heavy atom. The number of piperazine rings is 1. The Morgan fingerprint density at radius 3 is 2.47 bits per heavy atom. The average molecular weight is 270 g/mol. The molecule has 1 heterocycles. The van der Waals surface area contributed by atoms with E-state index in [1.807, 2.05) is 18.7 Å². The number of nitrogens with zero attached hydrogens (tertiary/aromatic N) is 3. The Hall–Kier alpha value is -0.650. The Bertz CT molecular complexity index is 281. The van der Waals surface area contributed by atoms with Gasteiger partial charge in [-0.2, -0.15) is 0 Å². The summed E-state index contributed by atoms with van der Waals surface area (Å²) in [6.45, 7) is 11.5. The van der Waals surface area contributed by atoms with Crippen molar-refractivity contribution >= 4 is 5.91 Å². The summed E-state index contributed by atoms with van der Waals surface area (Å²) in [5.41, 5.74) is 5.91. The van der Waals surface area contributed by atoms with Crippen LogP contribution in [0.3, 0.4) is 0 Å². The van der Waals surface area contributed by atoms with Gasteiger partial charge in [-0.15, -0.1) is 0 Å². The molecule has 0 bridgehead atoms. The lowest BCUT2D eigenvalue weighted by Gasteiger charge is -2.42. The number of likely N-dealkylation sites (N-methyl/N-ethyl adjacent to an activating group) is 1. The molecule has 0 saturated carbocycles. The van der Waals surface area contributed by atoms with E-state index in [1.54, 1.807) is 0 Å². The lowest BCUT2D eigenvalue weighted by molar-refractivity contribution is -0.132. The zero-order chi connectivity index (χ0) is 14.4. The van der Waals surface area contributed by atoms with Crippen LogP contribution in [-0.4, -0.2) is 79.0 Å². The van der Waals surface area contributed by atoms with Crippen LogP contribution in [0.25, 0.3) is 0 Å². The molecule has 2 unspecified atom stereocenters. The second kappa shape index (κ2) is 7.82. The third kappa shape index (κ3) is 4.44. The van der Waals surface area contributed by atoms with Gasteiger partial charge in [0.15, 0.2) is 0 Å². The monoisotopic (exact) mass is 270 g/mol. The second-order valence-corrected chi connectivity index (χ2v) is 5.51. The lowest BCUT2D eigenvalue weighted by atomic mass is 10.1. The van der Waals surface area contributed by atoms with Crippen molar-refractivity contribution in [3.63, 3.8) is 0 Å². The number of hydrogen-bond donors (Lipinski definition) is 1. The van der Waals surface area contributed by atoms with Crippen LogP contribution in [0.1, 0.15) is 27.2 Å². The van der Waals surface area contributed by atoms with Crippen molar-refractivity contribution in [2.75, 3.05) is 46.3 Å². The van der Waals surface area contributed by atoms with E-state index in [2.05, 4.69) is 23.8 Å². The van der Waals surface area contributed by atoms with Crippen molar-refractivity contribution in [3.05, 3.63) is 0 Å². The minimum atomic E-state index is 0.178. The highest BCUT2D eigenvalue weighted by Gasteiger charge is 2.29. The number of carbonyl (C=O) groups excluding carboxylic acids is 1. The van der Waals surface area contributed by atoms with E-state index in [4.69, 9.17) is 5.73 Å². The molecular weight excluding hydrogens is 240 g/mol. The first kappa shape index (κ1) is 16.4. The molecule has 19 heavy (non-hydrogen) atoms. The molecule has 1 aliphatic heterocycles. The van der Waals surface area contributed by atoms with Crippen LogP contribution in [-0.2, 0) is 4.79 Å². The van der Waals surface area contributed by atoms with Crippen LogP contribution in [0, 0.1) is 0 Å². The minimum Gasteiger partial charge on any atom is -0.343 e. The van der Waals surface area contributed by atoms with Crippen LogP contribution in [0.15, 0.2) is 0 Å². The maximum Gasteiger partial charge on any atom is 0.224 e. The standard InChI is InChI=1S/C14H30N4O/c1-5-17(6-2)14(19)9-13(10-15)18-8-7-16(4)11-12(18)3/h12-13H,5-11,15H2,1-4H3. The number of carbonyl (C=O) groups is 1. The van der Waals surface area contributed by atoms with Gasteiger partial charge < -0.3 is 15.5 Å². The summed E-state index contributed by atoms with van der Waals surface area (Å²) in [5.74, 6) is 0.228. The molecule has 2 N–H and O–H groups in total. The Kier molecular flexibility index (Phi) is 6.75. The molecule has 1 amide bonds. The maximum atomic E-state index is 12.2. The van der Waals surface area contributed by atoms with Crippen molar-refractivity contribution in [2.45, 2.75) is 39.3 Å². The maximum absolute atomic E-state index is 12.2. The zero-order valence-electron chi connectivity index (χ0n) is 12.9. The minimum absolute atomic E-state index is 0.178. The molecule has 0 spiro atoms. The first-order valence-corrected chi connectivity index (χ1v) is 7.45. The first-order valence-electron chi connectivity index (χ1n) is 7.45. The van der Waals surface area contributed by atoms with Gasteiger partial charge in [0.25, 0.3) is 0 Å². The lowest BCUT2D eigenvalue weighted by Crippen LogP contribution is -2.57. The highest BCUT2D eigenvalue weighted by atomic mass is 16.2. The zero-order valence-corrected chi connectivity index (χ0v) is 12.9. The van der Waals surface area contributed by atoms with Gasteiger partial charge in [0.2, 0.25) is 5.91 Å². The molecule has 1 fully saturated rings. The van der Waals surface area contributed by atoms with Gasteiger partial charge in [-0.1, -0.05) is 0 Å². The summed E-state index contributed by atoms with van der Waals surface area (Å²) in [6.07, 6.45) is 0.548. The summed E-state index contributed by atoms with van der Waals surface area (Å²) in [4.78, 5) is 18.9. The Balaban J connectivity index is 2.60. The quantitative estimate of drug-likeness (QED) is 0.749. The molecule has 0 aromatic rings. The molecule has 0 aromatic heterocycles. The molecule has 1 aliphatic rings. The highest BCUT2D eigenvalue weighted by Crippen LogP contribution is 2.15. The largest absolute Gasteiger partial charge is 0.343 e. The number of amides is 1. The molecule has 1 rings (SSSR count). The van der Waals surface area contributed by atoms with E-state index in [-0.39, 0.29) is 11.9 Å². The van der Waals surface area contributed by atoms with Crippen molar-refractivity contribution in [3.8, 4) is 0 Å². The molecule has 1 saturated heterocycles. The van der Waals surface area contributed by atoms with Crippen LogP contribution < -0.4 is 5.73 Å². The van der Waals surface area contributed by atoms with Gasteiger partial charge in [0.05, 0.1) is 0 Å². The fraction of sp³-hybridized carbons (Fsp3) is 0.929. The molecule has 0 radical (unpaired) electrons. The summed E-state index contributed by atoms with van der Waals surface area (Å²) in [7, 11) is 2.15. The smallest absolute Gasteiger partial charge is 0.224 e. The SMILES string of the molecule is CCN(CC)C(=O)CC(CN)N1CCN(C)CC1C. The van der Waals surface area contributed by atoms with Crippen molar-refractivity contribution in [1.82, 2.24) is 14.7 Å². The van der Waals surface area contributed by atoms with Crippen LogP contribution in [0.5, 0.6) is 0 Å². The fourth-order valence-corrected chi connectivity index (χ4v) is 2.94. The van der Waals surface area contributed by atoms with Gasteiger partial charge in [0.1, 0.15) is 0 Å². The van der Waals surface area contributed by atoms with Gasteiger partial charge in [-0.05, 0) is 27.8 Å². The van der Waals surface area contributed by atoms with Gasteiger partial charge in [-0.25, -0.2) is 0 Å². The first-order chi connectivity index (χ1) is 9.03. The third-order valence-corrected chi connectivity index (χ3v) is 4.15. The topological polar surface area (TPSA) is 52.8 Å². The highest BCUT2D eigenvalue weighted by molar-refractivity contribution is 5.76. The Labute approximate surface area is 117 Å². The van der Waals surface area contributed by atoms with E-state index >= 15 is 0 Å². The van der Waals surface area contributed by atoms with Gasteiger partial charge in [0, 0.05) is 57.8 Å². The molecule has 0 aliphatic carbocycles. The third-order valence-electron chi connectivity index (χ3n) is 4.15.